The van der Waals surface area contributed by atoms with Crippen LogP contribution in [0.15, 0.2) is 30.5 Å². The van der Waals surface area contributed by atoms with E-state index >= 15 is 0 Å². The Morgan fingerprint density at radius 1 is 1.54 bits per heavy atom. The Labute approximate surface area is 144 Å². The minimum Gasteiger partial charge on any atom is -0.393 e. The standard InChI is InChI=1S/C17H19ClFN3O2/c1-2-15-14(21-16(24)11-7-17(19,8-11)10-23)9-20-22(15)13-5-3-4-12(18)6-13/h3-6,9,11,23H,2,7-8,10H2,1H3,(H,21,24). The van der Waals surface area contributed by atoms with Gasteiger partial charge in [-0.3, -0.25) is 4.79 Å². The van der Waals surface area contributed by atoms with Crippen LogP contribution in [0.5, 0.6) is 0 Å². The topological polar surface area (TPSA) is 67.2 Å². The number of aliphatic hydroxyl groups excluding tert-OH is 1. The second-order valence-corrected chi connectivity index (χ2v) is 6.59. The van der Waals surface area contributed by atoms with Gasteiger partial charge in [-0.25, -0.2) is 9.07 Å². The number of halogens is 2. The average molecular weight is 352 g/mol. The maximum absolute atomic E-state index is 13.7. The summed E-state index contributed by atoms with van der Waals surface area (Å²) in [6, 6.07) is 7.29. The molecule has 2 N–H and O–H groups in total. The highest BCUT2D eigenvalue weighted by atomic mass is 35.5. The first kappa shape index (κ1) is 16.9. The summed E-state index contributed by atoms with van der Waals surface area (Å²) in [5, 5.41) is 16.7. The zero-order valence-electron chi connectivity index (χ0n) is 13.3. The molecule has 1 aromatic carbocycles. The largest absolute Gasteiger partial charge is 0.393 e. The quantitative estimate of drug-likeness (QED) is 0.869. The molecule has 1 fully saturated rings. The maximum atomic E-state index is 13.7. The van der Waals surface area contributed by atoms with Gasteiger partial charge in [-0.2, -0.15) is 5.10 Å². The van der Waals surface area contributed by atoms with Gasteiger partial charge in [-0.05, 0) is 37.5 Å². The number of nitrogens with zero attached hydrogens (tertiary/aromatic N) is 2. The lowest BCUT2D eigenvalue weighted by Gasteiger charge is -2.38. The van der Waals surface area contributed by atoms with Crippen LogP contribution in [0.4, 0.5) is 10.1 Å². The fourth-order valence-electron chi connectivity index (χ4n) is 3.02. The van der Waals surface area contributed by atoms with Crippen molar-refractivity contribution >= 4 is 23.2 Å². The summed E-state index contributed by atoms with van der Waals surface area (Å²) in [4.78, 5) is 12.2. The summed E-state index contributed by atoms with van der Waals surface area (Å²) < 4.78 is 15.5. The third kappa shape index (κ3) is 3.16. The zero-order chi connectivity index (χ0) is 17.3. The molecule has 0 unspecified atom stereocenters. The van der Waals surface area contributed by atoms with E-state index in [9.17, 15) is 9.18 Å². The van der Waals surface area contributed by atoms with E-state index < -0.39 is 18.2 Å². The Bertz CT molecular complexity index is 756. The van der Waals surface area contributed by atoms with Gasteiger partial charge in [0.2, 0.25) is 5.91 Å². The minimum atomic E-state index is -1.61. The second kappa shape index (κ2) is 6.53. The third-order valence-corrected chi connectivity index (χ3v) is 4.63. The summed E-state index contributed by atoms with van der Waals surface area (Å²) in [7, 11) is 0. The van der Waals surface area contributed by atoms with Gasteiger partial charge in [0, 0.05) is 10.9 Å². The van der Waals surface area contributed by atoms with Crippen LogP contribution < -0.4 is 5.32 Å². The fourth-order valence-corrected chi connectivity index (χ4v) is 3.21. The van der Waals surface area contributed by atoms with Crippen LogP contribution in [0.2, 0.25) is 5.02 Å². The number of alkyl halides is 1. The van der Waals surface area contributed by atoms with Crippen LogP contribution in [0.1, 0.15) is 25.5 Å². The molecule has 1 amide bonds. The molecule has 1 aliphatic carbocycles. The summed E-state index contributed by atoms with van der Waals surface area (Å²) in [6.07, 6.45) is 2.36. The zero-order valence-corrected chi connectivity index (χ0v) is 14.1. The number of aliphatic hydroxyl groups is 1. The summed E-state index contributed by atoms with van der Waals surface area (Å²) in [5.41, 5.74) is 0.661. The predicted octanol–water partition coefficient (Wildman–Crippen LogP) is 3.14. The van der Waals surface area contributed by atoms with Crippen LogP contribution in [-0.4, -0.2) is 33.1 Å². The molecule has 1 aliphatic rings. The van der Waals surface area contributed by atoms with Crippen molar-refractivity contribution in [1.29, 1.82) is 0 Å². The summed E-state index contributed by atoms with van der Waals surface area (Å²) >= 11 is 6.02. The van der Waals surface area contributed by atoms with Crippen molar-refractivity contribution in [2.45, 2.75) is 31.9 Å². The van der Waals surface area contributed by atoms with E-state index in [1.165, 1.54) is 0 Å². The smallest absolute Gasteiger partial charge is 0.227 e. The number of hydrogen-bond acceptors (Lipinski definition) is 3. The summed E-state index contributed by atoms with van der Waals surface area (Å²) in [6.45, 7) is 1.43. The Kier molecular flexibility index (Phi) is 4.60. The van der Waals surface area contributed by atoms with E-state index in [0.29, 0.717) is 17.1 Å². The molecule has 0 aliphatic heterocycles. The van der Waals surface area contributed by atoms with Crippen molar-refractivity contribution in [3.63, 3.8) is 0 Å². The number of benzene rings is 1. The molecule has 5 nitrogen and oxygen atoms in total. The van der Waals surface area contributed by atoms with Crippen LogP contribution in [0.25, 0.3) is 5.69 Å². The van der Waals surface area contributed by atoms with E-state index in [0.717, 1.165) is 11.4 Å². The van der Waals surface area contributed by atoms with E-state index in [2.05, 4.69) is 10.4 Å². The molecule has 24 heavy (non-hydrogen) atoms. The number of hydrogen-bond donors (Lipinski definition) is 2. The number of carbonyl (C=O) groups is 1. The molecule has 0 saturated heterocycles. The molecular weight excluding hydrogens is 333 g/mol. The van der Waals surface area contributed by atoms with Crippen LogP contribution in [0, 0.1) is 5.92 Å². The molecule has 0 spiro atoms. The van der Waals surface area contributed by atoms with Gasteiger partial charge in [0.25, 0.3) is 0 Å². The molecule has 1 saturated carbocycles. The Morgan fingerprint density at radius 2 is 2.29 bits per heavy atom. The van der Waals surface area contributed by atoms with Crippen molar-refractivity contribution in [2.75, 3.05) is 11.9 Å². The van der Waals surface area contributed by atoms with Crippen molar-refractivity contribution in [1.82, 2.24) is 9.78 Å². The van der Waals surface area contributed by atoms with Crippen LogP contribution in [0.3, 0.4) is 0 Å². The van der Waals surface area contributed by atoms with Crippen molar-refractivity contribution in [2.24, 2.45) is 5.92 Å². The van der Waals surface area contributed by atoms with E-state index in [1.54, 1.807) is 23.0 Å². The van der Waals surface area contributed by atoms with Crippen LogP contribution in [-0.2, 0) is 11.2 Å². The van der Waals surface area contributed by atoms with E-state index in [1.807, 2.05) is 19.1 Å². The number of rotatable bonds is 5. The molecule has 0 radical (unpaired) electrons. The molecular formula is C17H19ClFN3O2. The fraction of sp³-hybridized carbons (Fsp3) is 0.412. The minimum absolute atomic E-state index is 0.0548. The maximum Gasteiger partial charge on any atom is 0.227 e. The Hall–Kier alpha value is -1.92. The van der Waals surface area contributed by atoms with Gasteiger partial charge in [-0.15, -0.1) is 0 Å². The first-order chi connectivity index (χ1) is 11.5. The lowest BCUT2D eigenvalue weighted by molar-refractivity contribution is -0.131. The van der Waals surface area contributed by atoms with Gasteiger partial charge in [0.05, 0.1) is 29.9 Å². The molecule has 2 aromatic rings. The van der Waals surface area contributed by atoms with Gasteiger partial charge >= 0.3 is 0 Å². The normalized spacial score (nSPS) is 22.9. The van der Waals surface area contributed by atoms with E-state index in [-0.39, 0.29) is 18.7 Å². The molecule has 0 atom stereocenters. The van der Waals surface area contributed by atoms with Gasteiger partial charge < -0.3 is 10.4 Å². The van der Waals surface area contributed by atoms with Gasteiger partial charge in [0.15, 0.2) is 0 Å². The van der Waals surface area contributed by atoms with Crippen molar-refractivity contribution in [3.05, 3.63) is 41.2 Å². The highest BCUT2D eigenvalue weighted by molar-refractivity contribution is 6.30. The summed E-state index contributed by atoms with van der Waals surface area (Å²) in [5.74, 6) is -0.654. The molecule has 1 heterocycles. The average Bonchev–Trinajstić information content (AvgIpc) is 2.94. The first-order valence-corrected chi connectivity index (χ1v) is 8.27. The molecule has 128 valence electrons. The Morgan fingerprint density at radius 3 is 2.92 bits per heavy atom. The molecule has 3 rings (SSSR count). The number of amides is 1. The first-order valence-electron chi connectivity index (χ1n) is 7.89. The van der Waals surface area contributed by atoms with Gasteiger partial charge in [0.1, 0.15) is 5.67 Å². The lowest BCUT2D eigenvalue weighted by Crippen LogP contribution is -2.47. The van der Waals surface area contributed by atoms with Crippen molar-refractivity contribution < 1.29 is 14.3 Å². The molecule has 1 aromatic heterocycles. The number of nitrogens with one attached hydrogen (secondary N) is 1. The number of carbonyl (C=O) groups excluding carboxylic acids is 1. The molecule has 0 bridgehead atoms. The van der Waals surface area contributed by atoms with Crippen LogP contribution >= 0.6 is 11.6 Å². The number of anilines is 1. The molecule has 7 heteroatoms. The van der Waals surface area contributed by atoms with Crippen molar-refractivity contribution in [3.8, 4) is 5.69 Å². The predicted molar refractivity (Wildman–Crippen MR) is 90.2 cm³/mol. The SMILES string of the molecule is CCc1c(NC(=O)C2CC(F)(CO)C2)cnn1-c1cccc(Cl)c1. The lowest BCUT2D eigenvalue weighted by atomic mass is 9.72. The Balaban J connectivity index is 1.77. The highest BCUT2D eigenvalue weighted by Gasteiger charge is 2.47. The third-order valence-electron chi connectivity index (χ3n) is 4.39. The number of aromatic nitrogens is 2. The monoisotopic (exact) mass is 351 g/mol. The van der Waals surface area contributed by atoms with E-state index in [4.69, 9.17) is 16.7 Å². The highest BCUT2D eigenvalue weighted by Crippen LogP contribution is 2.41. The second-order valence-electron chi connectivity index (χ2n) is 6.15. The van der Waals surface area contributed by atoms with Gasteiger partial charge in [-0.1, -0.05) is 24.6 Å².